The molecule has 21 heavy (non-hydrogen) atoms. The van der Waals surface area contributed by atoms with Crippen molar-refractivity contribution in [3.63, 3.8) is 0 Å². The van der Waals surface area contributed by atoms with Crippen molar-refractivity contribution in [3.05, 3.63) is 71.3 Å². The van der Waals surface area contributed by atoms with E-state index in [2.05, 4.69) is 0 Å². The van der Waals surface area contributed by atoms with Crippen molar-refractivity contribution in [3.8, 4) is 0 Å². The van der Waals surface area contributed by atoms with Gasteiger partial charge in [0.05, 0.1) is 18.8 Å². The lowest BCUT2D eigenvalue weighted by atomic mass is 9.99. The van der Waals surface area contributed by atoms with Gasteiger partial charge < -0.3 is 4.74 Å². The molecule has 0 radical (unpaired) electrons. The van der Waals surface area contributed by atoms with Crippen molar-refractivity contribution >= 4 is 5.78 Å². The van der Waals surface area contributed by atoms with Crippen LogP contribution in [0.4, 0.5) is 8.78 Å². The van der Waals surface area contributed by atoms with Gasteiger partial charge >= 0.3 is 0 Å². The van der Waals surface area contributed by atoms with E-state index in [0.29, 0.717) is 12.7 Å². The minimum Gasteiger partial charge on any atom is -0.376 e. The highest BCUT2D eigenvalue weighted by Gasteiger charge is 2.19. The lowest BCUT2D eigenvalue weighted by Gasteiger charge is -2.12. The summed E-state index contributed by atoms with van der Waals surface area (Å²) in [6, 6.07) is 12.5. The molecule has 4 heteroatoms. The third-order valence-corrected chi connectivity index (χ3v) is 3.12. The zero-order valence-electron chi connectivity index (χ0n) is 11.7. The molecule has 0 heterocycles. The zero-order chi connectivity index (χ0) is 15.2. The standard InChI is InChI=1S/C17H16F2O2/c1-12(10-21-11-13-5-3-2-4-6-13)17(20)15-8-7-14(18)9-16(15)19/h2-9,12H,10-11H2,1H3/t12-/m0/s1. The summed E-state index contributed by atoms with van der Waals surface area (Å²) in [5.41, 5.74) is 0.900. The maximum atomic E-state index is 13.5. The Morgan fingerprint density at radius 1 is 1.14 bits per heavy atom. The van der Waals surface area contributed by atoms with E-state index in [1.54, 1.807) is 6.92 Å². The van der Waals surface area contributed by atoms with E-state index in [0.717, 1.165) is 11.6 Å². The van der Waals surface area contributed by atoms with Crippen LogP contribution in [0.15, 0.2) is 48.5 Å². The van der Waals surface area contributed by atoms with Crippen LogP contribution in [0, 0.1) is 17.6 Å². The van der Waals surface area contributed by atoms with Crippen LogP contribution in [0.1, 0.15) is 22.8 Å². The molecule has 2 rings (SSSR count). The highest BCUT2D eigenvalue weighted by Crippen LogP contribution is 2.15. The number of halogens is 2. The molecule has 0 aromatic heterocycles. The van der Waals surface area contributed by atoms with E-state index < -0.39 is 17.6 Å². The summed E-state index contributed by atoms with van der Waals surface area (Å²) in [6.45, 7) is 2.24. The van der Waals surface area contributed by atoms with Crippen molar-refractivity contribution in [2.24, 2.45) is 5.92 Å². The monoisotopic (exact) mass is 290 g/mol. The maximum Gasteiger partial charge on any atom is 0.170 e. The fourth-order valence-electron chi connectivity index (χ4n) is 1.96. The first-order valence-electron chi connectivity index (χ1n) is 6.69. The molecule has 0 saturated heterocycles. The van der Waals surface area contributed by atoms with Crippen LogP contribution in [-0.2, 0) is 11.3 Å². The highest BCUT2D eigenvalue weighted by atomic mass is 19.1. The van der Waals surface area contributed by atoms with Crippen LogP contribution < -0.4 is 0 Å². The Kier molecular flexibility index (Phi) is 5.17. The fraction of sp³-hybridized carbons (Fsp3) is 0.235. The number of ether oxygens (including phenoxy) is 1. The van der Waals surface area contributed by atoms with Gasteiger partial charge in [-0.1, -0.05) is 37.3 Å². The fourth-order valence-corrected chi connectivity index (χ4v) is 1.96. The lowest BCUT2D eigenvalue weighted by molar-refractivity contribution is 0.0684. The molecule has 2 aromatic carbocycles. The number of benzene rings is 2. The van der Waals surface area contributed by atoms with Crippen LogP contribution in [-0.4, -0.2) is 12.4 Å². The van der Waals surface area contributed by atoms with E-state index in [4.69, 9.17) is 4.74 Å². The SMILES string of the molecule is C[C@@H](COCc1ccccc1)C(=O)c1ccc(F)cc1F. The summed E-state index contributed by atoms with van der Waals surface area (Å²) in [4.78, 5) is 12.1. The first kappa shape index (κ1) is 15.3. The van der Waals surface area contributed by atoms with Crippen molar-refractivity contribution in [2.45, 2.75) is 13.5 Å². The highest BCUT2D eigenvalue weighted by molar-refractivity contribution is 5.97. The van der Waals surface area contributed by atoms with Gasteiger partial charge in [-0.3, -0.25) is 4.79 Å². The molecule has 0 aliphatic heterocycles. The van der Waals surface area contributed by atoms with Gasteiger partial charge in [0.25, 0.3) is 0 Å². The Morgan fingerprint density at radius 3 is 2.52 bits per heavy atom. The van der Waals surface area contributed by atoms with Gasteiger partial charge in [0.2, 0.25) is 0 Å². The third-order valence-electron chi connectivity index (χ3n) is 3.12. The van der Waals surface area contributed by atoms with Gasteiger partial charge in [-0.15, -0.1) is 0 Å². The first-order chi connectivity index (χ1) is 10.1. The smallest absolute Gasteiger partial charge is 0.170 e. The Morgan fingerprint density at radius 2 is 1.86 bits per heavy atom. The van der Waals surface area contributed by atoms with Crippen LogP contribution in [0.3, 0.4) is 0 Å². The molecule has 0 N–H and O–H groups in total. The van der Waals surface area contributed by atoms with Gasteiger partial charge in [0, 0.05) is 12.0 Å². The molecular weight excluding hydrogens is 274 g/mol. The van der Waals surface area contributed by atoms with E-state index in [1.165, 1.54) is 6.07 Å². The van der Waals surface area contributed by atoms with Crippen molar-refractivity contribution in [2.75, 3.05) is 6.61 Å². The van der Waals surface area contributed by atoms with E-state index in [1.807, 2.05) is 30.3 Å². The van der Waals surface area contributed by atoms with Gasteiger partial charge in [0.1, 0.15) is 11.6 Å². The first-order valence-corrected chi connectivity index (χ1v) is 6.69. The summed E-state index contributed by atoms with van der Waals surface area (Å²) < 4.78 is 31.8. The minimum atomic E-state index is -0.838. The Balaban J connectivity index is 1.90. The molecule has 0 aliphatic carbocycles. The molecule has 0 aliphatic rings. The normalized spacial score (nSPS) is 12.1. The van der Waals surface area contributed by atoms with Gasteiger partial charge in [-0.2, -0.15) is 0 Å². The summed E-state index contributed by atoms with van der Waals surface area (Å²) in [5.74, 6) is -2.42. The number of ketones is 1. The average Bonchev–Trinajstić information content (AvgIpc) is 2.47. The second-order valence-corrected chi connectivity index (χ2v) is 4.89. The second-order valence-electron chi connectivity index (χ2n) is 4.89. The van der Waals surface area contributed by atoms with Crippen molar-refractivity contribution in [1.82, 2.24) is 0 Å². The Hall–Kier alpha value is -2.07. The maximum absolute atomic E-state index is 13.5. The molecule has 0 fully saturated rings. The molecule has 2 aromatic rings. The van der Waals surface area contributed by atoms with Crippen LogP contribution in [0.25, 0.3) is 0 Å². The Bertz CT molecular complexity index is 611. The number of Topliss-reactive ketones (excluding diaryl/α,β-unsaturated/α-hetero) is 1. The van der Waals surface area contributed by atoms with Crippen LogP contribution in [0.5, 0.6) is 0 Å². The minimum absolute atomic E-state index is 0.104. The summed E-state index contributed by atoms with van der Waals surface area (Å²) in [7, 11) is 0. The summed E-state index contributed by atoms with van der Waals surface area (Å²) in [5, 5.41) is 0. The van der Waals surface area contributed by atoms with Gasteiger partial charge in [-0.25, -0.2) is 8.78 Å². The predicted molar refractivity (Wildman–Crippen MR) is 76.0 cm³/mol. The largest absolute Gasteiger partial charge is 0.376 e. The molecule has 0 saturated carbocycles. The number of carbonyl (C=O) groups excluding carboxylic acids is 1. The third kappa shape index (κ3) is 4.20. The van der Waals surface area contributed by atoms with Crippen LogP contribution in [0.2, 0.25) is 0 Å². The second kappa shape index (κ2) is 7.09. The van der Waals surface area contributed by atoms with Gasteiger partial charge in [0.15, 0.2) is 5.78 Å². The van der Waals surface area contributed by atoms with E-state index >= 15 is 0 Å². The molecule has 2 nitrogen and oxygen atoms in total. The zero-order valence-corrected chi connectivity index (χ0v) is 11.7. The number of carbonyl (C=O) groups is 1. The summed E-state index contributed by atoms with van der Waals surface area (Å²) in [6.07, 6.45) is 0. The van der Waals surface area contributed by atoms with E-state index in [-0.39, 0.29) is 18.0 Å². The number of hydrogen-bond acceptors (Lipinski definition) is 2. The Labute approximate surface area is 122 Å². The van der Waals surface area contributed by atoms with Crippen molar-refractivity contribution < 1.29 is 18.3 Å². The van der Waals surface area contributed by atoms with Gasteiger partial charge in [-0.05, 0) is 17.7 Å². The molecule has 1 atom stereocenters. The molecule has 110 valence electrons. The molecule has 0 unspecified atom stereocenters. The molecule has 0 bridgehead atoms. The lowest BCUT2D eigenvalue weighted by Crippen LogP contribution is -2.18. The van der Waals surface area contributed by atoms with Crippen LogP contribution >= 0.6 is 0 Å². The molecule has 0 amide bonds. The average molecular weight is 290 g/mol. The predicted octanol–water partition coefficient (Wildman–Crippen LogP) is 4.00. The molecule has 0 spiro atoms. The summed E-state index contributed by atoms with van der Waals surface area (Å²) >= 11 is 0. The molecular formula is C17H16F2O2. The van der Waals surface area contributed by atoms with Crippen molar-refractivity contribution in [1.29, 1.82) is 0 Å². The number of hydrogen-bond donors (Lipinski definition) is 0. The quantitative estimate of drug-likeness (QED) is 0.752. The van der Waals surface area contributed by atoms with E-state index in [9.17, 15) is 13.6 Å². The number of rotatable bonds is 6. The topological polar surface area (TPSA) is 26.3 Å².